The monoisotopic (exact) mass is 526 g/mol. The Morgan fingerprint density at radius 3 is 2.79 bits per heavy atom. The van der Waals surface area contributed by atoms with Crippen molar-refractivity contribution in [1.29, 1.82) is 0 Å². The molecule has 1 aromatic carbocycles. The van der Waals surface area contributed by atoms with E-state index >= 15 is 0 Å². The molecule has 0 bridgehead atoms. The van der Waals surface area contributed by atoms with Gasteiger partial charge in [-0.2, -0.15) is 0 Å². The number of guanidine groups is 1. The number of furan rings is 1. The number of rotatable bonds is 10. The number of thiazole rings is 1. The molecule has 0 aliphatic heterocycles. The molecule has 156 valence electrons. The maximum atomic E-state index is 5.59. The molecule has 0 amide bonds. The molecule has 0 unspecified atom stereocenters. The van der Waals surface area contributed by atoms with Crippen LogP contribution in [0.15, 0.2) is 63.5 Å². The lowest BCUT2D eigenvalue weighted by molar-refractivity contribution is 0.105. The summed E-state index contributed by atoms with van der Waals surface area (Å²) in [6, 6.07) is 14.0. The highest BCUT2D eigenvalue weighted by Crippen LogP contribution is 2.23. The Morgan fingerprint density at radius 2 is 2.03 bits per heavy atom. The van der Waals surface area contributed by atoms with Crippen molar-refractivity contribution in [2.75, 3.05) is 19.7 Å². The van der Waals surface area contributed by atoms with Crippen LogP contribution in [0.1, 0.15) is 24.8 Å². The molecular weight excluding hydrogens is 499 g/mol. The van der Waals surface area contributed by atoms with Crippen molar-refractivity contribution in [1.82, 2.24) is 15.6 Å². The van der Waals surface area contributed by atoms with Gasteiger partial charge < -0.3 is 19.8 Å². The third-order valence-electron chi connectivity index (χ3n) is 3.90. The summed E-state index contributed by atoms with van der Waals surface area (Å²) in [4.78, 5) is 9.32. The number of aliphatic imine (C=N–C) groups is 1. The first kappa shape index (κ1) is 23.4. The predicted molar refractivity (Wildman–Crippen MR) is 129 cm³/mol. The van der Waals surface area contributed by atoms with Crippen LogP contribution in [-0.2, 0) is 17.9 Å². The van der Waals surface area contributed by atoms with E-state index in [0.717, 1.165) is 47.5 Å². The number of nitrogens with one attached hydrogen (secondary N) is 2. The minimum absolute atomic E-state index is 0. The van der Waals surface area contributed by atoms with Crippen LogP contribution in [0.2, 0.25) is 0 Å². The molecular formula is C21H27IN4O2S. The smallest absolute Gasteiger partial charge is 0.191 e. The average Bonchev–Trinajstić information content (AvgIpc) is 3.41. The SMILES string of the molecule is CCNC(=NCc1csc(-c2ccccc2)n1)NCCCOCc1ccco1.I. The van der Waals surface area contributed by atoms with Crippen molar-refractivity contribution in [3.63, 3.8) is 0 Å². The van der Waals surface area contributed by atoms with Crippen LogP contribution >= 0.6 is 35.3 Å². The summed E-state index contributed by atoms with van der Waals surface area (Å²) in [5.74, 6) is 1.64. The lowest BCUT2D eigenvalue weighted by atomic mass is 10.2. The van der Waals surface area contributed by atoms with E-state index in [1.54, 1.807) is 17.6 Å². The normalized spacial score (nSPS) is 11.1. The molecule has 3 rings (SSSR count). The van der Waals surface area contributed by atoms with E-state index in [0.29, 0.717) is 19.8 Å². The Morgan fingerprint density at radius 1 is 1.17 bits per heavy atom. The summed E-state index contributed by atoms with van der Waals surface area (Å²) >= 11 is 1.65. The maximum Gasteiger partial charge on any atom is 0.191 e. The summed E-state index contributed by atoms with van der Waals surface area (Å²) in [5, 5.41) is 9.69. The van der Waals surface area contributed by atoms with E-state index in [-0.39, 0.29) is 24.0 Å². The van der Waals surface area contributed by atoms with Gasteiger partial charge in [0.15, 0.2) is 5.96 Å². The van der Waals surface area contributed by atoms with Gasteiger partial charge in [0.25, 0.3) is 0 Å². The number of hydrogen-bond donors (Lipinski definition) is 2. The Labute approximate surface area is 192 Å². The van der Waals surface area contributed by atoms with E-state index < -0.39 is 0 Å². The maximum absolute atomic E-state index is 5.59. The third kappa shape index (κ3) is 8.15. The largest absolute Gasteiger partial charge is 0.467 e. The number of aromatic nitrogens is 1. The minimum Gasteiger partial charge on any atom is -0.467 e. The van der Waals surface area contributed by atoms with Gasteiger partial charge >= 0.3 is 0 Å². The van der Waals surface area contributed by atoms with Crippen LogP contribution in [0, 0.1) is 0 Å². The van der Waals surface area contributed by atoms with Gasteiger partial charge in [0, 0.05) is 30.6 Å². The Bertz CT molecular complexity index is 838. The summed E-state index contributed by atoms with van der Waals surface area (Å²) in [6.07, 6.45) is 2.55. The second-order valence-electron chi connectivity index (χ2n) is 6.12. The Kier molecular flexibility index (Phi) is 10.7. The second kappa shape index (κ2) is 13.3. The van der Waals surface area contributed by atoms with Gasteiger partial charge in [-0.3, -0.25) is 0 Å². The van der Waals surface area contributed by atoms with Gasteiger partial charge in [0.1, 0.15) is 17.4 Å². The molecule has 0 atom stereocenters. The fourth-order valence-corrected chi connectivity index (χ4v) is 3.36. The minimum atomic E-state index is 0. The number of nitrogens with zero attached hydrogens (tertiary/aromatic N) is 2. The second-order valence-corrected chi connectivity index (χ2v) is 6.98. The number of ether oxygens (including phenoxy) is 1. The van der Waals surface area contributed by atoms with Crippen LogP contribution in [0.5, 0.6) is 0 Å². The first-order valence-corrected chi connectivity index (χ1v) is 10.3. The lowest BCUT2D eigenvalue weighted by Gasteiger charge is -2.11. The van der Waals surface area contributed by atoms with Crippen molar-refractivity contribution in [3.05, 3.63) is 65.6 Å². The number of halogens is 1. The van der Waals surface area contributed by atoms with Gasteiger partial charge in [-0.15, -0.1) is 35.3 Å². The fraction of sp³-hybridized carbons (Fsp3) is 0.333. The molecule has 0 aliphatic carbocycles. The van der Waals surface area contributed by atoms with Crippen molar-refractivity contribution in [2.45, 2.75) is 26.5 Å². The van der Waals surface area contributed by atoms with Gasteiger partial charge in [-0.1, -0.05) is 30.3 Å². The molecule has 0 saturated carbocycles. The number of benzene rings is 1. The van der Waals surface area contributed by atoms with Crippen LogP contribution in [0.3, 0.4) is 0 Å². The molecule has 0 fully saturated rings. The lowest BCUT2D eigenvalue weighted by Crippen LogP contribution is -2.38. The molecule has 2 N–H and O–H groups in total. The topological polar surface area (TPSA) is 71.7 Å². The third-order valence-corrected chi connectivity index (χ3v) is 4.84. The summed E-state index contributed by atoms with van der Waals surface area (Å²) in [7, 11) is 0. The van der Waals surface area contributed by atoms with Crippen LogP contribution in [-0.4, -0.2) is 30.6 Å². The van der Waals surface area contributed by atoms with Gasteiger partial charge in [0.2, 0.25) is 0 Å². The number of hydrogen-bond acceptors (Lipinski definition) is 5. The average molecular weight is 526 g/mol. The molecule has 8 heteroatoms. The van der Waals surface area contributed by atoms with Crippen molar-refractivity contribution in [2.24, 2.45) is 4.99 Å². The van der Waals surface area contributed by atoms with E-state index in [1.807, 2.05) is 30.3 Å². The molecule has 2 heterocycles. The van der Waals surface area contributed by atoms with E-state index in [2.05, 4.69) is 45.0 Å². The molecule has 0 aliphatic rings. The van der Waals surface area contributed by atoms with Crippen LogP contribution in [0.25, 0.3) is 10.6 Å². The summed E-state index contributed by atoms with van der Waals surface area (Å²) in [6.45, 7) is 5.38. The Balaban J connectivity index is 0.00000300. The molecule has 29 heavy (non-hydrogen) atoms. The van der Waals surface area contributed by atoms with Crippen molar-refractivity contribution < 1.29 is 9.15 Å². The van der Waals surface area contributed by atoms with Gasteiger partial charge in [-0.05, 0) is 25.5 Å². The highest BCUT2D eigenvalue weighted by atomic mass is 127. The molecule has 2 aromatic heterocycles. The highest BCUT2D eigenvalue weighted by molar-refractivity contribution is 14.0. The highest BCUT2D eigenvalue weighted by Gasteiger charge is 2.04. The van der Waals surface area contributed by atoms with E-state index in [4.69, 9.17) is 9.15 Å². The first-order valence-electron chi connectivity index (χ1n) is 9.47. The van der Waals surface area contributed by atoms with Crippen LogP contribution in [0.4, 0.5) is 0 Å². The predicted octanol–water partition coefficient (Wildman–Crippen LogP) is 4.68. The summed E-state index contributed by atoms with van der Waals surface area (Å²) < 4.78 is 10.8. The zero-order valence-corrected chi connectivity index (χ0v) is 19.6. The zero-order chi connectivity index (χ0) is 19.4. The zero-order valence-electron chi connectivity index (χ0n) is 16.5. The molecule has 0 saturated heterocycles. The standard InChI is InChI=1S/C21H26N4O2S.HI/c1-2-22-21(23-11-7-12-26-15-19-10-6-13-27-19)24-14-18-16-28-20(25-18)17-8-4-3-5-9-17;/h3-6,8-10,13,16H,2,7,11-12,14-15H2,1H3,(H2,22,23,24);1H. The van der Waals surface area contributed by atoms with E-state index in [9.17, 15) is 0 Å². The quantitative estimate of drug-likeness (QED) is 0.174. The molecule has 0 spiro atoms. The van der Waals surface area contributed by atoms with Gasteiger partial charge in [-0.25, -0.2) is 9.98 Å². The van der Waals surface area contributed by atoms with Crippen LogP contribution < -0.4 is 10.6 Å². The van der Waals surface area contributed by atoms with Crippen molar-refractivity contribution >= 4 is 41.3 Å². The van der Waals surface area contributed by atoms with Gasteiger partial charge in [0.05, 0.1) is 18.5 Å². The van der Waals surface area contributed by atoms with E-state index in [1.165, 1.54) is 0 Å². The summed E-state index contributed by atoms with van der Waals surface area (Å²) in [5.41, 5.74) is 2.12. The Hall–Kier alpha value is -1.91. The molecule has 6 nitrogen and oxygen atoms in total. The fourth-order valence-electron chi connectivity index (χ4n) is 2.54. The molecule has 0 radical (unpaired) electrons. The molecule has 3 aromatic rings. The first-order chi connectivity index (χ1) is 13.8. The van der Waals surface area contributed by atoms with Crippen molar-refractivity contribution in [3.8, 4) is 10.6 Å².